The topological polar surface area (TPSA) is 93.1 Å². The maximum Gasteiger partial charge on any atom is 0.152 e. The Labute approximate surface area is 206 Å². The van der Waals surface area contributed by atoms with E-state index in [9.17, 15) is 23.0 Å². The molecule has 0 heterocycles. The predicted octanol–water partition coefficient (Wildman–Crippen LogP) is 3.90. The van der Waals surface area contributed by atoms with Crippen molar-refractivity contribution in [1.29, 1.82) is 0 Å². The van der Waals surface area contributed by atoms with Crippen LogP contribution in [-0.4, -0.2) is 68.1 Å². The van der Waals surface area contributed by atoms with Gasteiger partial charge in [-0.15, -0.1) is 11.6 Å². The Morgan fingerprint density at radius 1 is 0.882 bits per heavy atom. The summed E-state index contributed by atoms with van der Waals surface area (Å²) < 4.78 is 47.1. The van der Waals surface area contributed by atoms with Crippen molar-refractivity contribution in [2.75, 3.05) is 37.3 Å². The molecule has 0 amide bonds. The fourth-order valence-electron chi connectivity index (χ4n) is 3.37. The van der Waals surface area contributed by atoms with E-state index >= 15 is 0 Å². The monoisotopic (exact) mass is 515 g/mol. The molecular formula is C25H34ClFO6S. The number of halogens is 2. The lowest BCUT2D eigenvalue weighted by atomic mass is 9.78. The van der Waals surface area contributed by atoms with Crippen LogP contribution in [0.4, 0.5) is 4.39 Å². The van der Waals surface area contributed by atoms with E-state index in [-0.39, 0.29) is 43.1 Å². The molecule has 34 heavy (non-hydrogen) atoms. The van der Waals surface area contributed by atoms with Gasteiger partial charge in [0.25, 0.3) is 0 Å². The SMILES string of the molecule is CC(C)(c1ccc(OCC(O)CCl)cc1)c1ccc(OCC(O)CS(=O)(=O)CCCC[18F])cc1. The summed E-state index contributed by atoms with van der Waals surface area (Å²) in [4.78, 5) is 0. The molecule has 2 aromatic rings. The maximum atomic E-state index is 12.1. The Hall–Kier alpha value is -1.87. The summed E-state index contributed by atoms with van der Waals surface area (Å²) >= 11 is 5.58. The number of sulfone groups is 1. The van der Waals surface area contributed by atoms with Crippen molar-refractivity contribution in [2.45, 2.75) is 44.3 Å². The number of aliphatic hydroxyl groups excluding tert-OH is 2. The van der Waals surface area contributed by atoms with Crippen LogP contribution in [0.5, 0.6) is 11.5 Å². The minimum atomic E-state index is -3.45. The molecule has 0 aliphatic rings. The first-order chi connectivity index (χ1) is 16.1. The summed E-state index contributed by atoms with van der Waals surface area (Å²) in [6, 6.07) is 15.1. The fourth-order valence-corrected chi connectivity index (χ4v) is 4.95. The lowest BCUT2D eigenvalue weighted by Crippen LogP contribution is -2.28. The number of hydrogen-bond acceptors (Lipinski definition) is 6. The van der Waals surface area contributed by atoms with E-state index in [4.69, 9.17) is 21.1 Å². The molecular weight excluding hydrogens is 482 g/mol. The molecule has 2 unspecified atom stereocenters. The highest BCUT2D eigenvalue weighted by Gasteiger charge is 2.23. The van der Waals surface area contributed by atoms with Crippen LogP contribution in [0, 0.1) is 0 Å². The summed E-state index contributed by atoms with van der Waals surface area (Å²) in [6.45, 7) is 3.62. The molecule has 0 saturated carbocycles. The predicted molar refractivity (Wildman–Crippen MR) is 133 cm³/mol. The van der Waals surface area contributed by atoms with Crippen molar-refractivity contribution >= 4 is 21.4 Å². The molecule has 0 aliphatic heterocycles. The third kappa shape index (κ3) is 9.06. The zero-order valence-corrected chi connectivity index (χ0v) is 21.2. The number of ether oxygens (including phenoxy) is 2. The molecule has 2 rings (SSSR count). The molecule has 0 aliphatic carbocycles. The molecule has 9 heteroatoms. The Balaban J connectivity index is 1.92. The van der Waals surface area contributed by atoms with Crippen molar-refractivity contribution in [3.05, 3.63) is 59.7 Å². The van der Waals surface area contributed by atoms with Crippen LogP contribution in [0.1, 0.15) is 37.8 Å². The van der Waals surface area contributed by atoms with Crippen LogP contribution < -0.4 is 9.47 Å². The van der Waals surface area contributed by atoms with E-state index in [0.717, 1.165) is 11.1 Å². The normalized spacial score (nSPS) is 13.9. The standard InChI is InChI=1S/C25H34ClFO6S/c1-25(2,19-5-9-23(10-6-19)32-16-21(28)15-26)20-7-11-24(12-8-20)33-17-22(29)18-34(30,31)14-4-3-13-27/h5-12,21-22,28-29H,3-4,13-18H2,1-2H3/i27-1. The van der Waals surface area contributed by atoms with E-state index in [1.54, 1.807) is 12.1 Å². The number of hydrogen-bond donors (Lipinski definition) is 2. The van der Waals surface area contributed by atoms with Crippen molar-refractivity contribution in [3.63, 3.8) is 0 Å². The molecule has 0 aromatic heterocycles. The number of benzene rings is 2. The maximum absolute atomic E-state index is 12.1. The molecule has 0 bridgehead atoms. The summed E-state index contributed by atoms with van der Waals surface area (Å²) in [7, 11) is -3.45. The molecule has 0 radical (unpaired) electrons. The first-order valence-electron chi connectivity index (χ1n) is 11.2. The quantitative estimate of drug-likeness (QED) is 0.276. The minimum Gasteiger partial charge on any atom is -0.491 e. The van der Waals surface area contributed by atoms with Gasteiger partial charge >= 0.3 is 0 Å². The number of aliphatic hydroxyl groups is 2. The Morgan fingerprint density at radius 2 is 1.35 bits per heavy atom. The highest BCUT2D eigenvalue weighted by Crippen LogP contribution is 2.33. The molecule has 2 N–H and O–H groups in total. The van der Waals surface area contributed by atoms with Crippen molar-refractivity contribution in [2.24, 2.45) is 0 Å². The first-order valence-corrected chi connectivity index (χ1v) is 13.6. The fraction of sp³-hybridized carbons (Fsp3) is 0.520. The van der Waals surface area contributed by atoms with Gasteiger partial charge in [-0.25, -0.2) is 8.42 Å². The van der Waals surface area contributed by atoms with Gasteiger partial charge < -0.3 is 19.7 Å². The van der Waals surface area contributed by atoms with E-state index < -0.39 is 34.5 Å². The van der Waals surface area contributed by atoms with Gasteiger partial charge in [-0.2, -0.15) is 0 Å². The van der Waals surface area contributed by atoms with Gasteiger partial charge in [-0.1, -0.05) is 38.1 Å². The summed E-state index contributed by atoms with van der Waals surface area (Å²) in [5.41, 5.74) is 1.81. The van der Waals surface area contributed by atoms with Crippen LogP contribution in [0.25, 0.3) is 0 Å². The van der Waals surface area contributed by atoms with Gasteiger partial charge in [-0.05, 0) is 48.2 Å². The molecule has 0 spiro atoms. The molecule has 0 saturated heterocycles. The van der Waals surface area contributed by atoms with E-state index in [1.165, 1.54) is 0 Å². The van der Waals surface area contributed by atoms with Crippen molar-refractivity contribution in [1.82, 2.24) is 0 Å². The lowest BCUT2D eigenvalue weighted by Gasteiger charge is -2.26. The van der Waals surface area contributed by atoms with Crippen LogP contribution in [-0.2, 0) is 15.3 Å². The minimum absolute atomic E-state index is 0.116. The van der Waals surface area contributed by atoms with E-state index in [2.05, 4.69) is 13.8 Å². The second kappa shape index (κ2) is 13.3. The van der Waals surface area contributed by atoms with Gasteiger partial charge in [0.1, 0.15) is 36.9 Å². The Kier molecular flexibility index (Phi) is 11.1. The molecule has 190 valence electrons. The van der Waals surface area contributed by atoms with Gasteiger partial charge in [0.2, 0.25) is 0 Å². The van der Waals surface area contributed by atoms with Gasteiger partial charge in [-0.3, -0.25) is 4.39 Å². The number of rotatable bonds is 15. The number of alkyl halides is 2. The third-order valence-electron chi connectivity index (χ3n) is 5.50. The van der Waals surface area contributed by atoms with E-state index in [0.29, 0.717) is 11.5 Å². The first kappa shape index (κ1) is 28.4. The zero-order chi connectivity index (χ0) is 25.2. The molecule has 0 fully saturated rings. The van der Waals surface area contributed by atoms with Crippen LogP contribution in [0.2, 0.25) is 0 Å². The Bertz CT molecular complexity index is 964. The smallest absolute Gasteiger partial charge is 0.152 e. The van der Waals surface area contributed by atoms with Crippen LogP contribution >= 0.6 is 11.6 Å². The highest BCUT2D eigenvalue weighted by atomic mass is 35.5. The average molecular weight is 516 g/mol. The summed E-state index contributed by atoms with van der Waals surface area (Å²) in [5, 5.41) is 19.5. The Morgan fingerprint density at radius 3 is 1.79 bits per heavy atom. The van der Waals surface area contributed by atoms with Crippen LogP contribution in [0.3, 0.4) is 0 Å². The van der Waals surface area contributed by atoms with Gasteiger partial charge in [0.15, 0.2) is 9.84 Å². The van der Waals surface area contributed by atoms with Crippen molar-refractivity contribution in [3.8, 4) is 11.5 Å². The average Bonchev–Trinajstić information content (AvgIpc) is 2.81. The second-order valence-corrected chi connectivity index (χ2v) is 11.3. The molecule has 6 nitrogen and oxygen atoms in total. The third-order valence-corrected chi connectivity index (χ3v) is 7.66. The molecule has 2 atom stereocenters. The summed E-state index contributed by atoms with van der Waals surface area (Å²) in [6.07, 6.45) is -1.42. The zero-order valence-electron chi connectivity index (χ0n) is 19.6. The highest BCUT2D eigenvalue weighted by molar-refractivity contribution is 7.91. The van der Waals surface area contributed by atoms with Crippen molar-refractivity contribution < 1.29 is 32.5 Å². The van der Waals surface area contributed by atoms with Gasteiger partial charge in [0, 0.05) is 5.41 Å². The van der Waals surface area contributed by atoms with Crippen LogP contribution in [0.15, 0.2) is 48.5 Å². The largest absolute Gasteiger partial charge is 0.491 e. The lowest BCUT2D eigenvalue weighted by molar-refractivity contribution is 0.125. The van der Waals surface area contributed by atoms with E-state index in [1.807, 2.05) is 36.4 Å². The summed E-state index contributed by atoms with van der Waals surface area (Å²) in [5.74, 6) is 0.741. The number of unbranched alkanes of at least 4 members (excludes halogenated alkanes) is 1. The van der Waals surface area contributed by atoms with Gasteiger partial charge in [0.05, 0.1) is 24.1 Å². The molecule has 2 aromatic carbocycles. The second-order valence-electron chi connectivity index (χ2n) is 8.77.